The average Bonchev–Trinajstić information content (AvgIpc) is 2.78. The zero-order valence-corrected chi connectivity index (χ0v) is 17.8. The van der Waals surface area contributed by atoms with Crippen LogP contribution in [-0.2, 0) is 16.1 Å². The van der Waals surface area contributed by atoms with Crippen LogP contribution in [0.1, 0.15) is 16.1 Å². The lowest BCUT2D eigenvalue weighted by Gasteiger charge is -2.28. The van der Waals surface area contributed by atoms with E-state index < -0.39 is 10.9 Å². The van der Waals surface area contributed by atoms with Gasteiger partial charge in [-0.05, 0) is 40.2 Å². The van der Waals surface area contributed by atoms with E-state index in [1.165, 1.54) is 22.6 Å². The summed E-state index contributed by atoms with van der Waals surface area (Å²) in [6, 6.07) is 8.90. The molecule has 1 aliphatic heterocycles. The van der Waals surface area contributed by atoms with Gasteiger partial charge in [-0.3, -0.25) is 19.3 Å². The van der Waals surface area contributed by atoms with Crippen molar-refractivity contribution in [3.8, 4) is 0 Å². The highest BCUT2D eigenvalue weighted by atomic mass is 79.9. The molecular weight excluding hydrogens is 472 g/mol. The topological polar surface area (TPSA) is 116 Å². The Morgan fingerprint density at radius 2 is 2.00 bits per heavy atom. The number of carbonyl (C=O) groups excluding carboxylic acids is 1. The van der Waals surface area contributed by atoms with E-state index in [4.69, 9.17) is 9.47 Å². The first-order valence-electron chi connectivity index (χ1n) is 9.38. The molecule has 0 spiro atoms. The summed E-state index contributed by atoms with van der Waals surface area (Å²) in [5.41, 5.74) is 0.671. The van der Waals surface area contributed by atoms with Gasteiger partial charge in [-0.2, -0.15) is 0 Å². The normalized spacial score (nSPS) is 13.9. The van der Waals surface area contributed by atoms with Gasteiger partial charge in [0.05, 0.1) is 29.4 Å². The van der Waals surface area contributed by atoms with Crippen molar-refractivity contribution in [2.24, 2.45) is 0 Å². The second kappa shape index (κ2) is 8.82. The number of fused-ring (bicyclic) bond motifs is 1. The first kappa shape index (κ1) is 20.9. The summed E-state index contributed by atoms with van der Waals surface area (Å²) < 4.78 is 12.6. The number of nitrogens with zero attached hydrogens (tertiary/aromatic N) is 4. The number of aromatic nitrogens is 2. The van der Waals surface area contributed by atoms with Crippen molar-refractivity contribution < 1.29 is 19.2 Å². The SMILES string of the molecule is O=C(OCc1cc(=O)n2cc(Br)ccc2n1)c1ccc(N2CCOCC2)c([N+](=O)[O-])c1. The largest absolute Gasteiger partial charge is 0.456 e. The van der Waals surface area contributed by atoms with Crippen molar-refractivity contribution in [2.75, 3.05) is 31.2 Å². The van der Waals surface area contributed by atoms with E-state index in [1.54, 1.807) is 24.4 Å². The van der Waals surface area contributed by atoms with Crippen LogP contribution in [-0.4, -0.2) is 46.6 Å². The van der Waals surface area contributed by atoms with E-state index >= 15 is 0 Å². The Balaban J connectivity index is 1.52. The maximum Gasteiger partial charge on any atom is 0.338 e. The number of anilines is 1. The minimum atomic E-state index is -0.741. The molecule has 0 amide bonds. The number of morpholine rings is 1. The van der Waals surface area contributed by atoms with Crippen LogP contribution >= 0.6 is 15.9 Å². The third kappa shape index (κ3) is 4.57. The van der Waals surface area contributed by atoms with Gasteiger partial charge in [-0.25, -0.2) is 9.78 Å². The van der Waals surface area contributed by atoms with Crippen LogP contribution < -0.4 is 10.5 Å². The highest BCUT2D eigenvalue weighted by Gasteiger charge is 2.24. The number of ether oxygens (including phenoxy) is 2. The van der Waals surface area contributed by atoms with Gasteiger partial charge < -0.3 is 14.4 Å². The second-order valence-electron chi connectivity index (χ2n) is 6.80. The summed E-state index contributed by atoms with van der Waals surface area (Å²) in [6.07, 6.45) is 1.59. The summed E-state index contributed by atoms with van der Waals surface area (Å²) in [5.74, 6) is -0.741. The van der Waals surface area contributed by atoms with E-state index in [1.807, 2.05) is 4.90 Å². The third-order valence-electron chi connectivity index (χ3n) is 4.79. The molecule has 0 saturated carbocycles. The lowest BCUT2D eigenvalue weighted by molar-refractivity contribution is -0.384. The van der Waals surface area contributed by atoms with Crippen molar-refractivity contribution >= 4 is 38.9 Å². The summed E-state index contributed by atoms with van der Waals surface area (Å²) in [5, 5.41) is 11.5. The van der Waals surface area contributed by atoms with Crippen molar-refractivity contribution in [2.45, 2.75) is 6.61 Å². The molecule has 0 atom stereocenters. The van der Waals surface area contributed by atoms with Gasteiger partial charge in [0, 0.05) is 35.9 Å². The molecule has 2 aromatic heterocycles. The fourth-order valence-corrected chi connectivity index (χ4v) is 3.63. The fraction of sp³-hybridized carbons (Fsp3) is 0.250. The van der Waals surface area contributed by atoms with Crippen molar-refractivity contribution in [3.63, 3.8) is 0 Å². The number of nitro benzene ring substituents is 1. The first-order chi connectivity index (χ1) is 14.9. The average molecular weight is 489 g/mol. The minimum absolute atomic E-state index is 0.0464. The number of rotatable bonds is 5. The molecule has 3 heterocycles. The van der Waals surface area contributed by atoms with Crippen LogP contribution in [0.2, 0.25) is 0 Å². The van der Waals surface area contributed by atoms with Crippen LogP contribution in [0.4, 0.5) is 11.4 Å². The van der Waals surface area contributed by atoms with Crippen LogP contribution in [0.25, 0.3) is 5.65 Å². The zero-order valence-electron chi connectivity index (χ0n) is 16.2. The summed E-state index contributed by atoms with van der Waals surface area (Å²) in [4.78, 5) is 41.9. The summed E-state index contributed by atoms with van der Waals surface area (Å²) in [6.45, 7) is 1.79. The molecule has 10 nitrogen and oxygen atoms in total. The van der Waals surface area contributed by atoms with Gasteiger partial charge in [0.15, 0.2) is 0 Å². The van der Waals surface area contributed by atoms with E-state index in [9.17, 15) is 19.7 Å². The number of halogens is 1. The Morgan fingerprint density at radius 3 is 2.74 bits per heavy atom. The fourth-order valence-electron chi connectivity index (χ4n) is 3.29. The predicted molar refractivity (Wildman–Crippen MR) is 114 cm³/mol. The maximum atomic E-state index is 12.5. The molecule has 160 valence electrons. The van der Waals surface area contributed by atoms with Gasteiger partial charge in [0.2, 0.25) is 0 Å². The van der Waals surface area contributed by atoms with Crippen molar-refractivity contribution in [1.29, 1.82) is 0 Å². The Labute approximate surface area is 184 Å². The van der Waals surface area contributed by atoms with Crippen LogP contribution in [0, 0.1) is 10.1 Å². The molecular formula is C20H17BrN4O6. The quantitative estimate of drug-likeness (QED) is 0.305. The predicted octanol–water partition coefficient (Wildman–Crippen LogP) is 2.56. The summed E-state index contributed by atoms with van der Waals surface area (Å²) >= 11 is 3.29. The van der Waals surface area contributed by atoms with E-state index in [2.05, 4.69) is 20.9 Å². The van der Waals surface area contributed by atoms with E-state index in [-0.39, 0.29) is 29.1 Å². The molecule has 4 rings (SSSR count). The van der Waals surface area contributed by atoms with Crippen molar-refractivity contribution in [3.05, 3.63) is 78.8 Å². The molecule has 0 bridgehead atoms. The van der Waals surface area contributed by atoms with Crippen LogP contribution in [0.5, 0.6) is 0 Å². The van der Waals surface area contributed by atoms with Gasteiger partial charge in [-0.1, -0.05) is 0 Å². The second-order valence-corrected chi connectivity index (χ2v) is 7.71. The first-order valence-corrected chi connectivity index (χ1v) is 10.2. The smallest absolute Gasteiger partial charge is 0.338 e. The number of carbonyl (C=O) groups is 1. The van der Waals surface area contributed by atoms with Gasteiger partial charge in [0.25, 0.3) is 11.2 Å². The molecule has 1 saturated heterocycles. The Morgan fingerprint density at radius 1 is 1.23 bits per heavy atom. The highest BCUT2D eigenvalue weighted by Crippen LogP contribution is 2.30. The minimum Gasteiger partial charge on any atom is -0.456 e. The number of hydrogen-bond donors (Lipinski definition) is 0. The number of pyridine rings is 1. The molecule has 0 N–H and O–H groups in total. The van der Waals surface area contributed by atoms with Crippen LogP contribution in [0.15, 0.2) is 51.9 Å². The standard InChI is InChI=1S/C20H17BrN4O6/c21-14-2-4-18-22-15(10-19(26)24(18)11-14)12-31-20(27)13-1-3-16(17(9-13)25(28)29)23-5-7-30-8-6-23/h1-4,9-11H,5-8,12H2. The molecule has 31 heavy (non-hydrogen) atoms. The molecule has 0 unspecified atom stereocenters. The summed E-state index contributed by atoms with van der Waals surface area (Å²) in [7, 11) is 0. The van der Waals surface area contributed by atoms with Crippen LogP contribution in [0.3, 0.4) is 0 Å². The molecule has 3 aromatic rings. The zero-order chi connectivity index (χ0) is 22.0. The number of benzene rings is 1. The lowest BCUT2D eigenvalue weighted by Crippen LogP contribution is -2.36. The molecule has 0 aliphatic carbocycles. The third-order valence-corrected chi connectivity index (χ3v) is 5.26. The number of esters is 1. The van der Waals surface area contributed by atoms with Gasteiger partial charge in [-0.15, -0.1) is 0 Å². The Kier molecular flexibility index (Phi) is 5.96. The number of nitro groups is 1. The molecule has 0 radical (unpaired) electrons. The molecule has 1 aliphatic rings. The van der Waals surface area contributed by atoms with Gasteiger partial charge >= 0.3 is 5.97 Å². The molecule has 11 heteroatoms. The lowest BCUT2D eigenvalue weighted by atomic mass is 10.1. The molecule has 1 aromatic carbocycles. The van der Waals surface area contributed by atoms with E-state index in [0.29, 0.717) is 37.6 Å². The molecule has 1 fully saturated rings. The number of hydrogen-bond acceptors (Lipinski definition) is 8. The van der Waals surface area contributed by atoms with Crippen molar-refractivity contribution in [1.82, 2.24) is 9.38 Å². The highest BCUT2D eigenvalue weighted by molar-refractivity contribution is 9.10. The monoisotopic (exact) mass is 488 g/mol. The Bertz CT molecular complexity index is 1220. The Hall–Kier alpha value is -3.31. The maximum absolute atomic E-state index is 12.5. The van der Waals surface area contributed by atoms with Gasteiger partial charge in [0.1, 0.15) is 17.9 Å². The van der Waals surface area contributed by atoms with E-state index in [0.717, 1.165) is 4.47 Å².